The van der Waals surface area contributed by atoms with Crippen LogP contribution in [-0.4, -0.2) is 11.0 Å². The first-order valence-electron chi connectivity index (χ1n) is 7.53. The van der Waals surface area contributed by atoms with Crippen LogP contribution in [0.25, 0.3) is 0 Å². The molecule has 0 unspecified atom stereocenters. The van der Waals surface area contributed by atoms with Gasteiger partial charge >= 0.3 is 0 Å². The van der Waals surface area contributed by atoms with E-state index in [0.29, 0.717) is 6.04 Å². The zero-order chi connectivity index (χ0) is 15.2. The average Bonchev–Trinajstić information content (AvgIpc) is 2.47. The molecule has 2 nitrogen and oxygen atoms in total. The lowest BCUT2D eigenvalue weighted by atomic mass is 10.0. The quantitative estimate of drug-likeness (QED) is 0.856. The van der Waals surface area contributed by atoms with Gasteiger partial charge in [0.15, 0.2) is 0 Å². The first-order chi connectivity index (χ1) is 10.1. The van der Waals surface area contributed by atoms with Crippen molar-refractivity contribution in [3.8, 4) is 0 Å². The summed E-state index contributed by atoms with van der Waals surface area (Å²) >= 11 is 6.15. The zero-order valence-corrected chi connectivity index (χ0v) is 13.7. The van der Waals surface area contributed by atoms with E-state index < -0.39 is 0 Å². The summed E-state index contributed by atoms with van der Waals surface area (Å²) in [7, 11) is 0. The maximum Gasteiger partial charge on any atom is 0.0447 e. The van der Waals surface area contributed by atoms with E-state index in [-0.39, 0.29) is 0 Å². The summed E-state index contributed by atoms with van der Waals surface area (Å²) in [5.74, 6) is 0. The molecule has 0 radical (unpaired) electrons. The molecule has 2 rings (SSSR count). The lowest BCUT2D eigenvalue weighted by Gasteiger charge is -2.13. The molecule has 0 spiro atoms. The summed E-state index contributed by atoms with van der Waals surface area (Å²) in [6.07, 6.45) is 3.81. The Labute approximate surface area is 132 Å². The predicted octanol–water partition coefficient (Wildman–Crippen LogP) is 4.39. The van der Waals surface area contributed by atoms with Gasteiger partial charge < -0.3 is 5.32 Å². The first kappa shape index (κ1) is 16.0. The molecule has 1 heterocycles. The maximum atomic E-state index is 6.15. The van der Waals surface area contributed by atoms with E-state index in [1.807, 2.05) is 18.3 Å². The molecule has 0 aliphatic carbocycles. The van der Waals surface area contributed by atoms with Gasteiger partial charge in [-0.3, -0.25) is 4.98 Å². The third kappa shape index (κ3) is 4.83. The maximum absolute atomic E-state index is 6.15. The Morgan fingerprint density at radius 1 is 1.14 bits per heavy atom. The highest BCUT2D eigenvalue weighted by atomic mass is 35.5. The minimum Gasteiger partial charge on any atom is -0.310 e. The van der Waals surface area contributed by atoms with Crippen molar-refractivity contribution in [2.24, 2.45) is 0 Å². The molecule has 2 aromatic rings. The van der Waals surface area contributed by atoms with Gasteiger partial charge in [0.25, 0.3) is 0 Å². The lowest BCUT2D eigenvalue weighted by Crippen LogP contribution is -2.22. The SMILES string of the molecule is CCc1ccc(Cc2cc(Cl)ccc2CNC(C)C)nc1. The smallest absolute Gasteiger partial charge is 0.0447 e. The van der Waals surface area contributed by atoms with Crippen molar-refractivity contribution in [1.82, 2.24) is 10.3 Å². The van der Waals surface area contributed by atoms with Crippen LogP contribution in [0.2, 0.25) is 5.02 Å². The molecule has 0 aliphatic heterocycles. The molecule has 21 heavy (non-hydrogen) atoms. The van der Waals surface area contributed by atoms with Gasteiger partial charge in [0.1, 0.15) is 0 Å². The normalized spacial score (nSPS) is 11.1. The van der Waals surface area contributed by atoms with Crippen LogP contribution in [0, 0.1) is 0 Å². The molecule has 0 amide bonds. The van der Waals surface area contributed by atoms with E-state index in [2.05, 4.69) is 49.3 Å². The van der Waals surface area contributed by atoms with Crippen LogP contribution in [0.3, 0.4) is 0 Å². The zero-order valence-electron chi connectivity index (χ0n) is 13.0. The summed E-state index contributed by atoms with van der Waals surface area (Å²) in [6, 6.07) is 10.8. The predicted molar refractivity (Wildman–Crippen MR) is 89.8 cm³/mol. The van der Waals surface area contributed by atoms with Gasteiger partial charge in [0.05, 0.1) is 0 Å². The monoisotopic (exact) mass is 302 g/mol. The number of rotatable bonds is 6. The van der Waals surface area contributed by atoms with Crippen molar-refractivity contribution in [2.75, 3.05) is 0 Å². The van der Waals surface area contributed by atoms with Crippen molar-refractivity contribution in [1.29, 1.82) is 0 Å². The van der Waals surface area contributed by atoms with Crippen LogP contribution in [0.5, 0.6) is 0 Å². The van der Waals surface area contributed by atoms with Crippen LogP contribution in [0.15, 0.2) is 36.5 Å². The van der Waals surface area contributed by atoms with Crippen molar-refractivity contribution >= 4 is 11.6 Å². The van der Waals surface area contributed by atoms with Crippen LogP contribution in [0.4, 0.5) is 0 Å². The highest BCUT2D eigenvalue weighted by molar-refractivity contribution is 6.30. The minimum atomic E-state index is 0.468. The van der Waals surface area contributed by atoms with Gasteiger partial charge in [-0.15, -0.1) is 0 Å². The summed E-state index contributed by atoms with van der Waals surface area (Å²) < 4.78 is 0. The summed E-state index contributed by atoms with van der Waals surface area (Å²) in [5.41, 5.74) is 4.88. The van der Waals surface area contributed by atoms with Gasteiger partial charge in [0, 0.05) is 35.9 Å². The largest absolute Gasteiger partial charge is 0.310 e. The molecule has 0 saturated heterocycles. The van der Waals surface area contributed by atoms with Crippen LogP contribution in [-0.2, 0) is 19.4 Å². The Morgan fingerprint density at radius 2 is 1.95 bits per heavy atom. The molecule has 0 bridgehead atoms. The Balaban J connectivity index is 2.18. The van der Waals surface area contributed by atoms with E-state index in [1.54, 1.807) is 0 Å². The number of nitrogens with zero attached hydrogens (tertiary/aromatic N) is 1. The molecule has 1 N–H and O–H groups in total. The van der Waals surface area contributed by atoms with E-state index in [4.69, 9.17) is 11.6 Å². The Kier molecular flexibility index (Phi) is 5.77. The topological polar surface area (TPSA) is 24.9 Å². The Bertz CT molecular complexity index is 576. The fraction of sp³-hybridized carbons (Fsp3) is 0.389. The summed E-state index contributed by atoms with van der Waals surface area (Å²) in [5, 5.41) is 4.24. The van der Waals surface area contributed by atoms with Gasteiger partial charge in [-0.1, -0.05) is 44.5 Å². The molecular weight excluding hydrogens is 280 g/mol. The summed E-state index contributed by atoms with van der Waals surface area (Å²) in [6.45, 7) is 7.31. The number of aromatic nitrogens is 1. The van der Waals surface area contributed by atoms with E-state index in [1.165, 1.54) is 16.7 Å². The van der Waals surface area contributed by atoms with E-state index in [0.717, 1.165) is 30.1 Å². The number of halogens is 1. The van der Waals surface area contributed by atoms with Gasteiger partial charge in [-0.05, 0) is 41.3 Å². The Hall–Kier alpha value is -1.38. The van der Waals surface area contributed by atoms with Gasteiger partial charge in [-0.25, -0.2) is 0 Å². The fourth-order valence-corrected chi connectivity index (χ4v) is 2.40. The van der Waals surface area contributed by atoms with Gasteiger partial charge in [-0.2, -0.15) is 0 Å². The average molecular weight is 303 g/mol. The van der Waals surface area contributed by atoms with Crippen LogP contribution in [0.1, 0.15) is 43.2 Å². The highest BCUT2D eigenvalue weighted by Gasteiger charge is 2.06. The number of hydrogen-bond acceptors (Lipinski definition) is 2. The number of aryl methyl sites for hydroxylation is 1. The third-order valence-corrected chi connectivity index (χ3v) is 3.77. The van der Waals surface area contributed by atoms with Crippen LogP contribution < -0.4 is 5.32 Å². The number of hydrogen-bond donors (Lipinski definition) is 1. The number of pyridine rings is 1. The number of benzene rings is 1. The van der Waals surface area contributed by atoms with Crippen molar-refractivity contribution in [3.63, 3.8) is 0 Å². The molecule has 0 aliphatic rings. The molecule has 1 aromatic heterocycles. The second-order valence-corrected chi connectivity index (χ2v) is 6.07. The summed E-state index contributed by atoms with van der Waals surface area (Å²) in [4.78, 5) is 4.55. The van der Waals surface area contributed by atoms with Crippen molar-refractivity contribution in [3.05, 3.63) is 63.9 Å². The molecular formula is C18H23ClN2. The molecule has 3 heteroatoms. The van der Waals surface area contributed by atoms with E-state index in [9.17, 15) is 0 Å². The second kappa shape index (κ2) is 7.58. The second-order valence-electron chi connectivity index (χ2n) is 5.64. The van der Waals surface area contributed by atoms with Crippen LogP contribution >= 0.6 is 11.6 Å². The lowest BCUT2D eigenvalue weighted by molar-refractivity contribution is 0.587. The number of nitrogens with one attached hydrogen (secondary N) is 1. The van der Waals surface area contributed by atoms with Crippen molar-refractivity contribution in [2.45, 2.75) is 46.2 Å². The minimum absolute atomic E-state index is 0.468. The molecule has 0 atom stereocenters. The standard InChI is InChI=1S/C18H23ClN2/c1-4-14-5-8-18(21-11-14)10-16-9-17(19)7-6-15(16)12-20-13(2)3/h5-9,11,13,20H,4,10,12H2,1-3H3. The van der Waals surface area contributed by atoms with Crippen molar-refractivity contribution < 1.29 is 0 Å². The highest BCUT2D eigenvalue weighted by Crippen LogP contribution is 2.19. The third-order valence-electron chi connectivity index (χ3n) is 3.53. The molecule has 112 valence electrons. The molecule has 1 aromatic carbocycles. The Morgan fingerprint density at radius 3 is 2.57 bits per heavy atom. The van der Waals surface area contributed by atoms with Gasteiger partial charge in [0.2, 0.25) is 0 Å². The molecule has 0 saturated carbocycles. The van der Waals surface area contributed by atoms with E-state index >= 15 is 0 Å². The first-order valence-corrected chi connectivity index (χ1v) is 7.90. The fourth-order valence-electron chi connectivity index (χ4n) is 2.21. The molecule has 0 fully saturated rings.